The van der Waals surface area contributed by atoms with Crippen molar-refractivity contribution in [2.24, 2.45) is 0 Å². The maximum Gasteiger partial charge on any atom is 0.251 e. The molecule has 0 saturated heterocycles. The molecule has 0 aliphatic heterocycles. The Morgan fingerprint density at radius 1 is 1.13 bits per heavy atom. The molecule has 0 spiro atoms. The van der Waals surface area contributed by atoms with E-state index in [-0.39, 0.29) is 5.91 Å². The number of amides is 1. The molecule has 30 heavy (non-hydrogen) atoms. The minimum absolute atomic E-state index is 0.00194. The Morgan fingerprint density at radius 3 is 2.77 bits per heavy atom. The van der Waals surface area contributed by atoms with E-state index in [2.05, 4.69) is 28.5 Å². The fourth-order valence-corrected chi connectivity index (χ4v) is 4.77. The first-order chi connectivity index (χ1) is 14.6. The Bertz CT molecular complexity index is 1260. The highest BCUT2D eigenvalue weighted by atomic mass is 32.1. The van der Waals surface area contributed by atoms with Crippen LogP contribution in [0.4, 0.5) is 0 Å². The minimum Gasteiger partial charge on any atom is -0.496 e. The summed E-state index contributed by atoms with van der Waals surface area (Å²) >= 11 is 1.66. The molecule has 0 radical (unpaired) electrons. The van der Waals surface area contributed by atoms with Gasteiger partial charge in [0.1, 0.15) is 11.4 Å². The van der Waals surface area contributed by atoms with Gasteiger partial charge in [-0.25, -0.2) is 0 Å². The standard InChI is InChI=1S/C24H21N3O2S/c1-14-7-8-15(24(28)26-17-9-10-17)11-19(14)21-12-16-13-25-27-22(23(16)30-21)18-5-3-4-6-20(18)29-2/h3-8,11-13,17H,9-10H2,1-2H3,(H,26,28). The first kappa shape index (κ1) is 18.8. The number of benzene rings is 2. The molecule has 2 heterocycles. The van der Waals surface area contributed by atoms with E-state index in [4.69, 9.17) is 4.74 Å². The topological polar surface area (TPSA) is 64.1 Å². The van der Waals surface area contributed by atoms with Crippen molar-refractivity contribution in [2.45, 2.75) is 25.8 Å². The number of aromatic nitrogens is 2. The van der Waals surface area contributed by atoms with Gasteiger partial charge < -0.3 is 10.1 Å². The molecule has 1 fully saturated rings. The summed E-state index contributed by atoms with van der Waals surface area (Å²) in [6.45, 7) is 2.07. The highest BCUT2D eigenvalue weighted by Crippen LogP contribution is 2.41. The number of nitrogens with zero attached hydrogens (tertiary/aromatic N) is 2. The van der Waals surface area contributed by atoms with Crippen LogP contribution in [0.25, 0.3) is 31.8 Å². The van der Waals surface area contributed by atoms with Crippen LogP contribution in [0.5, 0.6) is 5.75 Å². The zero-order valence-corrected chi connectivity index (χ0v) is 17.6. The van der Waals surface area contributed by atoms with Crippen LogP contribution in [0, 0.1) is 6.92 Å². The molecule has 1 aliphatic carbocycles. The lowest BCUT2D eigenvalue weighted by Crippen LogP contribution is -2.25. The fourth-order valence-electron chi connectivity index (χ4n) is 3.55. The van der Waals surface area contributed by atoms with Crippen LogP contribution < -0.4 is 10.1 Å². The number of thiophene rings is 1. The molecule has 2 aromatic carbocycles. The lowest BCUT2D eigenvalue weighted by Gasteiger charge is -2.08. The van der Waals surface area contributed by atoms with Crippen molar-refractivity contribution in [3.8, 4) is 27.4 Å². The van der Waals surface area contributed by atoms with Crippen molar-refractivity contribution in [2.75, 3.05) is 7.11 Å². The third-order valence-corrected chi connectivity index (χ3v) is 6.56. The van der Waals surface area contributed by atoms with Crippen LogP contribution in [0.15, 0.2) is 54.7 Å². The monoisotopic (exact) mass is 415 g/mol. The summed E-state index contributed by atoms with van der Waals surface area (Å²) in [6.07, 6.45) is 3.94. The van der Waals surface area contributed by atoms with Crippen LogP contribution >= 0.6 is 11.3 Å². The van der Waals surface area contributed by atoms with Crippen LogP contribution in [0.3, 0.4) is 0 Å². The molecule has 0 atom stereocenters. The molecular formula is C24H21N3O2S. The number of para-hydroxylation sites is 1. The molecule has 1 N–H and O–H groups in total. The summed E-state index contributed by atoms with van der Waals surface area (Å²) in [6, 6.07) is 16.2. The Morgan fingerprint density at radius 2 is 1.97 bits per heavy atom. The minimum atomic E-state index is -0.00194. The summed E-state index contributed by atoms with van der Waals surface area (Å²) in [4.78, 5) is 13.6. The molecule has 0 bridgehead atoms. The van der Waals surface area contributed by atoms with Crippen molar-refractivity contribution in [1.82, 2.24) is 15.5 Å². The van der Waals surface area contributed by atoms with Crippen LogP contribution in [0.2, 0.25) is 0 Å². The van der Waals surface area contributed by atoms with E-state index >= 15 is 0 Å². The summed E-state index contributed by atoms with van der Waals surface area (Å²) in [5, 5.41) is 12.7. The van der Waals surface area contributed by atoms with E-state index in [9.17, 15) is 4.79 Å². The number of aryl methyl sites for hydroxylation is 1. The van der Waals surface area contributed by atoms with Gasteiger partial charge in [-0.1, -0.05) is 18.2 Å². The van der Waals surface area contributed by atoms with Crippen molar-refractivity contribution < 1.29 is 9.53 Å². The van der Waals surface area contributed by atoms with Crippen LogP contribution in [0.1, 0.15) is 28.8 Å². The van der Waals surface area contributed by atoms with Crippen LogP contribution in [-0.4, -0.2) is 29.3 Å². The largest absolute Gasteiger partial charge is 0.496 e. The van der Waals surface area contributed by atoms with E-state index < -0.39 is 0 Å². The average molecular weight is 416 g/mol. The second-order valence-electron chi connectivity index (χ2n) is 7.57. The SMILES string of the molecule is COc1ccccc1-c1nncc2cc(-c3cc(C(=O)NC4CC4)ccc3C)sc12. The van der Waals surface area contributed by atoms with Gasteiger partial charge in [-0.15, -0.1) is 16.4 Å². The van der Waals surface area contributed by atoms with Crippen molar-refractivity contribution in [3.63, 3.8) is 0 Å². The number of carbonyl (C=O) groups excluding carboxylic acids is 1. The van der Waals surface area contributed by atoms with Gasteiger partial charge in [0.05, 0.1) is 18.0 Å². The van der Waals surface area contributed by atoms with Crippen LogP contribution in [-0.2, 0) is 0 Å². The Kier molecular flexibility index (Phi) is 4.71. The molecule has 5 nitrogen and oxygen atoms in total. The molecular weight excluding hydrogens is 394 g/mol. The molecule has 1 amide bonds. The number of rotatable bonds is 5. The number of methoxy groups -OCH3 is 1. The molecule has 5 rings (SSSR count). The molecule has 4 aromatic rings. The second kappa shape index (κ2) is 7.54. The summed E-state index contributed by atoms with van der Waals surface area (Å²) < 4.78 is 6.58. The quantitative estimate of drug-likeness (QED) is 0.484. The van der Waals surface area contributed by atoms with Gasteiger partial charge in [-0.05, 0) is 61.2 Å². The lowest BCUT2D eigenvalue weighted by molar-refractivity contribution is 0.0951. The van der Waals surface area contributed by atoms with Gasteiger partial charge in [0, 0.05) is 27.4 Å². The van der Waals surface area contributed by atoms with Gasteiger partial charge in [0.2, 0.25) is 0 Å². The second-order valence-corrected chi connectivity index (χ2v) is 8.62. The Balaban J connectivity index is 1.60. The summed E-state index contributed by atoms with van der Waals surface area (Å²) in [5.74, 6) is 0.766. The number of carbonyl (C=O) groups is 1. The smallest absolute Gasteiger partial charge is 0.251 e. The predicted octanol–water partition coefficient (Wildman–Crippen LogP) is 5.23. The first-order valence-corrected chi connectivity index (χ1v) is 10.8. The predicted molar refractivity (Wildman–Crippen MR) is 120 cm³/mol. The number of nitrogens with one attached hydrogen (secondary N) is 1. The van der Waals surface area contributed by atoms with Gasteiger partial charge in [0.15, 0.2) is 0 Å². The van der Waals surface area contributed by atoms with E-state index in [1.165, 1.54) is 0 Å². The normalized spacial score (nSPS) is 13.4. The summed E-state index contributed by atoms with van der Waals surface area (Å²) in [5.41, 5.74) is 4.61. The maximum absolute atomic E-state index is 12.5. The van der Waals surface area contributed by atoms with E-state index in [0.29, 0.717) is 11.6 Å². The first-order valence-electron chi connectivity index (χ1n) is 9.94. The van der Waals surface area contributed by atoms with Gasteiger partial charge in [-0.2, -0.15) is 5.10 Å². The highest BCUT2D eigenvalue weighted by molar-refractivity contribution is 7.22. The third kappa shape index (κ3) is 3.44. The maximum atomic E-state index is 12.5. The van der Waals surface area contributed by atoms with E-state index in [1.54, 1.807) is 24.6 Å². The van der Waals surface area contributed by atoms with E-state index in [0.717, 1.165) is 55.9 Å². The number of hydrogen-bond donors (Lipinski definition) is 1. The number of ether oxygens (including phenoxy) is 1. The Hall–Kier alpha value is -3.25. The molecule has 0 unspecified atom stereocenters. The van der Waals surface area contributed by atoms with Crippen molar-refractivity contribution in [3.05, 3.63) is 65.9 Å². The molecule has 150 valence electrons. The molecule has 6 heteroatoms. The fraction of sp³-hybridized carbons (Fsp3) is 0.208. The van der Waals surface area contributed by atoms with E-state index in [1.807, 2.05) is 42.5 Å². The zero-order valence-electron chi connectivity index (χ0n) is 16.8. The number of hydrogen-bond acceptors (Lipinski definition) is 5. The molecule has 2 aromatic heterocycles. The lowest BCUT2D eigenvalue weighted by atomic mass is 10.0. The zero-order chi connectivity index (χ0) is 20.7. The number of fused-ring (bicyclic) bond motifs is 1. The van der Waals surface area contributed by atoms with Gasteiger partial charge in [0.25, 0.3) is 5.91 Å². The third-order valence-electron chi connectivity index (χ3n) is 5.37. The molecule has 1 aliphatic rings. The molecule has 1 saturated carbocycles. The summed E-state index contributed by atoms with van der Waals surface area (Å²) in [7, 11) is 1.66. The average Bonchev–Trinajstić information content (AvgIpc) is 3.47. The van der Waals surface area contributed by atoms with Crippen molar-refractivity contribution in [1.29, 1.82) is 0 Å². The van der Waals surface area contributed by atoms with Gasteiger partial charge in [-0.3, -0.25) is 4.79 Å². The van der Waals surface area contributed by atoms with Gasteiger partial charge >= 0.3 is 0 Å². The Labute approximate surface area is 178 Å². The highest BCUT2D eigenvalue weighted by Gasteiger charge is 2.24. The van der Waals surface area contributed by atoms with Crippen molar-refractivity contribution >= 4 is 27.3 Å².